The highest BCUT2D eigenvalue weighted by Crippen LogP contribution is 2.38. The lowest BCUT2D eigenvalue weighted by atomic mass is 10.2. The number of hydrogen-bond acceptors (Lipinski definition) is 6. The van der Waals surface area contributed by atoms with Crippen LogP contribution in [0.25, 0.3) is 0 Å². The molecule has 0 aromatic heterocycles. The summed E-state index contributed by atoms with van der Waals surface area (Å²) in [5.74, 6) is -0.661. The number of aldehydes is 1. The van der Waals surface area contributed by atoms with Crippen molar-refractivity contribution in [1.29, 1.82) is 0 Å². The Labute approximate surface area is 111 Å². The molecule has 2 rings (SSSR count). The van der Waals surface area contributed by atoms with Gasteiger partial charge in [-0.15, -0.1) is 0 Å². The predicted octanol–water partition coefficient (Wildman–Crippen LogP) is 1.50. The Morgan fingerprint density at radius 2 is 1.70 bits per heavy atom. The monoisotopic (exact) mass is 312 g/mol. The quantitative estimate of drug-likeness (QED) is 0.478. The van der Waals surface area contributed by atoms with Gasteiger partial charge in [0.15, 0.2) is 23.5 Å². The summed E-state index contributed by atoms with van der Waals surface area (Å²) < 4.78 is 72.7. The van der Waals surface area contributed by atoms with Crippen molar-refractivity contribution in [3.05, 3.63) is 17.7 Å². The maximum absolute atomic E-state index is 12.2. The number of fused-ring (bicyclic) bond motifs is 1. The van der Waals surface area contributed by atoms with E-state index < -0.39 is 26.9 Å². The van der Waals surface area contributed by atoms with Gasteiger partial charge in [0, 0.05) is 6.07 Å². The minimum atomic E-state index is -5.87. The fourth-order valence-electron chi connectivity index (χ4n) is 1.42. The molecule has 0 spiro atoms. The van der Waals surface area contributed by atoms with E-state index in [1.54, 1.807) is 0 Å². The van der Waals surface area contributed by atoms with Gasteiger partial charge in [-0.3, -0.25) is 4.79 Å². The molecule has 1 heterocycles. The van der Waals surface area contributed by atoms with Gasteiger partial charge in [0.25, 0.3) is 0 Å². The maximum atomic E-state index is 12.2. The lowest BCUT2D eigenvalue weighted by molar-refractivity contribution is -0.0500. The van der Waals surface area contributed by atoms with Crippen molar-refractivity contribution in [2.75, 3.05) is 13.2 Å². The van der Waals surface area contributed by atoms with Crippen LogP contribution in [-0.2, 0) is 10.1 Å². The van der Waals surface area contributed by atoms with Crippen LogP contribution in [0, 0.1) is 0 Å². The van der Waals surface area contributed by atoms with E-state index >= 15 is 0 Å². The Morgan fingerprint density at radius 1 is 1.15 bits per heavy atom. The molecule has 110 valence electrons. The fraction of sp³-hybridized carbons (Fsp3) is 0.300. The molecule has 0 fully saturated rings. The Bertz CT molecular complexity index is 637. The molecule has 0 saturated heterocycles. The van der Waals surface area contributed by atoms with Gasteiger partial charge in [-0.1, -0.05) is 0 Å². The maximum Gasteiger partial charge on any atom is 0.534 e. The largest absolute Gasteiger partial charge is 0.534 e. The van der Waals surface area contributed by atoms with Crippen molar-refractivity contribution in [2.24, 2.45) is 0 Å². The molecule has 0 atom stereocenters. The molecule has 6 nitrogen and oxygen atoms in total. The molecule has 0 aliphatic carbocycles. The van der Waals surface area contributed by atoms with Crippen molar-refractivity contribution in [3.63, 3.8) is 0 Å². The van der Waals surface area contributed by atoms with E-state index in [-0.39, 0.29) is 31.0 Å². The summed E-state index contributed by atoms with van der Waals surface area (Å²) in [6.45, 7) is 0.339. The van der Waals surface area contributed by atoms with Gasteiger partial charge < -0.3 is 13.7 Å². The van der Waals surface area contributed by atoms with Crippen molar-refractivity contribution in [3.8, 4) is 17.2 Å². The van der Waals surface area contributed by atoms with Crippen LogP contribution in [0.1, 0.15) is 10.4 Å². The summed E-state index contributed by atoms with van der Waals surface area (Å²) in [6.07, 6.45) is 0.152. The Morgan fingerprint density at radius 3 is 2.20 bits per heavy atom. The van der Waals surface area contributed by atoms with E-state index in [9.17, 15) is 26.4 Å². The molecule has 1 aliphatic rings. The molecule has 0 amide bonds. The van der Waals surface area contributed by atoms with Gasteiger partial charge in [-0.05, 0) is 6.07 Å². The number of carbonyl (C=O) groups excluding carboxylic acids is 1. The summed E-state index contributed by atoms with van der Waals surface area (Å²) in [5.41, 5.74) is -6.00. The van der Waals surface area contributed by atoms with Gasteiger partial charge in [0.1, 0.15) is 13.2 Å². The third kappa shape index (κ3) is 2.64. The predicted molar refractivity (Wildman–Crippen MR) is 58.4 cm³/mol. The molecule has 1 aromatic carbocycles. The van der Waals surface area contributed by atoms with Gasteiger partial charge in [-0.25, -0.2) is 0 Å². The van der Waals surface area contributed by atoms with Crippen LogP contribution < -0.4 is 13.7 Å². The molecule has 0 radical (unpaired) electrons. The van der Waals surface area contributed by atoms with Crippen LogP contribution in [0.15, 0.2) is 12.1 Å². The second-order valence-corrected chi connectivity index (χ2v) is 5.17. The number of rotatable bonds is 3. The Balaban J connectivity index is 2.44. The van der Waals surface area contributed by atoms with Gasteiger partial charge >= 0.3 is 15.6 Å². The summed E-state index contributed by atoms with van der Waals surface area (Å²) >= 11 is 0. The van der Waals surface area contributed by atoms with E-state index in [1.807, 2.05) is 0 Å². The van der Waals surface area contributed by atoms with Crippen molar-refractivity contribution < 1.29 is 40.0 Å². The average Bonchev–Trinajstić information content (AvgIpc) is 2.36. The summed E-state index contributed by atoms with van der Waals surface area (Å²) in [5, 5.41) is 0. The number of benzene rings is 1. The molecule has 1 aromatic rings. The minimum Gasteiger partial charge on any atom is -0.486 e. The zero-order valence-electron chi connectivity index (χ0n) is 9.64. The Kier molecular flexibility index (Phi) is 3.50. The molecule has 0 saturated carbocycles. The van der Waals surface area contributed by atoms with Crippen LogP contribution in [0.5, 0.6) is 17.2 Å². The second kappa shape index (κ2) is 4.85. The number of carbonyl (C=O) groups is 1. The first-order valence-corrected chi connectivity index (χ1v) is 6.55. The van der Waals surface area contributed by atoms with Crippen LogP contribution in [0.2, 0.25) is 0 Å². The highest BCUT2D eigenvalue weighted by atomic mass is 32.2. The second-order valence-electron chi connectivity index (χ2n) is 3.63. The topological polar surface area (TPSA) is 78.9 Å². The van der Waals surface area contributed by atoms with Crippen LogP contribution in [0.3, 0.4) is 0 Å². The first-order valence-electron chi connectivity index (χ1n) is 5.14. The molecule has 20 heavy (non-hydrogen) atoms. The number of halogens is 3. The van der Waals surface area contributed by atoms with Crippen LogP contribution in [0.4, 0.5) is 13.2 Å². The van der Waals surface area contributed by atoms with Crippen LogP contribution in [-0.4, -0.2) is 33.4 Å². The van der Waals surface area contributed by atoms with Crippen molar-refractivity contribution in [1.82, 2.24) is 0 Å². The first kappa shape index (κ1) is 14.4. The van der Waals surface area contributed by atoms with E-state index in [2.05, 4.69) is 4.18 Å². The lowest BCUT2D eigenvalue weighted by Gasteiger charge is -2.20. The van der Waals surface area contributed by atoms with E-state index in [0.29, 0.717) is 0 Å². The van der Waals surface area contributed by atoms with E-state index in [0.717, 1.165) is 12.1 Å². The molecular weight excluding hydrogens is 305 g/mol. The molecule has 10 heteroatoms. The molecule has 0 unspecified atom stereocenters. The summed E-state index contributed by atoms with van der Waals surface area (Å²) in [6, 6.07) is 1.91. The minimum absolute atomic E-state index is 0.00535. The highest BCUT2D eigenvalue weighted by Gasteiger charge is 2.49. The standard InChI is InChI=1S/C10H7F3O6S/c11-10(12,13)20(15,16)19-7-4-9-8(3-6(7)5-14)17-1-2-18-9/h3-5H,1-2H2. The van der Waals surface area contributed by atoms with Crippen molar-refractivity contribution >= 4 is 16.4 Å². The molecule has 0 bridgehead atoms. The van der Waals surface area contributed by atoms with Crippen LogP contribution >= 0.6 is 0 Å². The SMILES string of the molecule is O=Cc1cc2c(cc1OS(=O)(=O)C(F)(F)F)OCCO2. The molecule has 1 aliphatic heterocycles. The number of ether oxygens (including phenoxy) is 2. The Hall–Kier alpha value is -1.97. The third-order valence-corrected chi connectivity index (χ3v) is 3.25. The smallest absolute Gasteiger partial charge is 0.486 e. The van der Waals surface area contributed by atoms with E-state index in [4.69, 9.17) is 9.47 Å². The fourth-order valence-corrected chi connectivity index (χ4v) is 1.89. The molecular formula is C10H7F3O6S. The van der Waals surface area contributed by atoms with Gasteiger partial charge in [0.05, 0.1) is 5.56 Å². The molecule has 0 N–H and O–H groups in total. The lowest BCUT2D eigenvalue weighted by Crippen LogP contribution is -2.28. The summed E-state index contributed by atoms with van der Waals surface area (Å²) in [4.78, 5) is 10.8. The zero-order chi connectivity index (χ0) is 15.0. The highest BCUT2D eigenvalue weighted by molar-refractivity contribution is 7.88. The normalized spacial score (nSPS) is 14.8. The van der Waals surface area contributed by atoms with Gasteiger partial charge in [-0.2, -0.15) is 21.6 Å². The zero-order valence-corrected chi connectivity index (χ0v) is 10.5. The first-order chi connectivity index (χ1) is 9.24. The average molecular weight is 312 g/mol. The van der Waals surface area contributed by atoms with E-state index in [1.165, 1.54) is 0 Å². The summed E-state index contributed by atoms with van der Waals surface area (Å²) in [7, 11) is -5.87. The number of hydrogen-bond donors (Lipinski definition) is 0. The van der Waals surface area contributed by atoms with Gasteiger partial charge in [0.2, 0.25) is 0 Å². The van der Waals surface area contributed by atoms with Crippen molar-refractivity contribution in [2.45, 2.75) is 5.51 Å². The number of alkyl halides is 3. The third-order valence-electron chi connectivity index (χ3n) is 2.28.